The first-order chi connectivity index (χ1) is 6.68. The molecule has 2 atom stereocenters. The van der Waals surface area contributed by atoms with Crippen molar-refractivity contribution in [2.24, 2.45) is 5.92 Å². The summed E-state index contributed by atoms with van der Waals surface area (Å²) in [6.45, 7) is 0.644. The molecule has 1 N–H and O–H groups in total. The molecular weight excluding hydrogens is 182 g/mol. The molecular formula is C10H15NO3. The van der Waals surface area contributed by atoms with E-state index >= 15 is 0 Å². The second-order valence-corrected chi connectivity index (χ2v) is 4.23. The standard InChI is InChI=1S/C10H15NO3/c12-8-3-4-9-7(6-8)2-1-5-11(9)10(13)14/h7,9H,1-6H2,(H,13,14)/t7-,9-/m0/s1. The minimum atomic E-state index is -0.825. The lowest BCUT2D eigenvalue weighted by Crippen LogP contribution is -2.50. The van der Waals surface area contributed by atoms with Gasteiger partial charge in [0.15, 0.2) is 0 Å². The highest BCUT2D eigenvalue weighted by atomic mass is 16.4. The molecule has 4 nitrogen and oxygen atoms in total. The van der Waals surface area contributed by atoms with Crippen LogP contribution in [-0.4, -0.2) is 34.5 Å². The third kappa shape index (κ3) is 1.61. The Balaban J connectivity index is 2.09. The number of carbonyl (C=O) groups is 2. The van der Waals surface area contributed by atoms with Gasteiger partial charge < -0.3 is 10.0 Å². The number of amides is 1. The van der Waals surface area contributed by atoms with Gasteiger partial charge in [0.05, 0.1) is 0 Å². The van der Waals surface area contributed by atoms with Crippen LogP contribution < -0.4 is 0 Å². The molecule has 2 fully saturated rings. The molecule has 1 heterocycles. The summed E-state index contributed by atoms with van der Waals surface area (Å²) in [5.74, 6) is 0.597. The van der Waals surface area contributed by atoms with E-state index in [1.165, 1.54) is 4.90 Å². The van der Waals surface area contributed by atoms with Gasteiger partial charge in [-0.1, -0.05) is 0 Å². The van der Waals surface area contributed by atoms with Gasteiger partial charge in [-0.15, -0.1) is 0 Å². The number of hydrogen-bond donors (Lipinski definition) is 1. The number of nitrogens with zero attached hydrogens (tertiary/aromatic N) is 1. The molecule has 14 heavy (non-hydrogen) atoms. The van der Waals surface area contributed by atoms with Gasteiger partial charge in [0.25, 0.3) is 0 Å². The topological polar surface area (TPSA) is 57.6 Å². The average Bonchev–Trinajstić information content (AvgIpc) is 2.16. The third-order valence-corrected chi connectivity index (χ3v) is 3.37. The van der Waals surface area contributed by atoms with E-state index in [0.29, 0.717) is 31.1 Å². The lowest BCUT2D eigenvalue weighted by molar-refractivity contribution is -0.123. The van der Waals surface area contributed by atoms with E-state index < -0.39 is 6.09 Å². The maximum absolute atomic E-state index is 11.2. The lowest BCUT2D eigenvalue weighted by atomic mass is 9.78. The predicted molar refractivity (Wildman–Crippen MR) is 50.1 cm³/mol. The van der Waals surface area contributed by atoms with Crippen LogP contribution in [0.5, 0.6) is 0 Å². The quantitative estimate of drug-likeness (QED) is 0.640. The van der Waals surface area contributed by atoms with Crippen LogP contribution in [0.2, 0.25) is 0 Å². The summed E-state index contributed by atoms with van der Waals surface area (Å²) in [7, 11) is 0. The molecule has 1 aliphatic carbocycles. The molecule has 0 aromatic rings. The van der Waals surface area contributed by atoms with Crippen molar-refractivity contribution in [2.75, 3.05) is 6.54 Å². The van der Waals surface area contributed by atoms with Gasteiger partial charge in [0.1, 0.15) is 5.78 Å². The zero-order chi connectivity index (χ0) is 10.1. The van der Waals surface area contributed by atoms with Crippen molar-refractivity contribution in [2.45, 2.75) is 38.1 Å². The Bertz CT molecular complexity index is 264. The Kier molecular flexibility index (Phi) is 2.44. The van der Waals surface area contributed by atoms with E-state index in [-0.39, 0.29) is 6.04 Å². The fraction of sp³-hybridized carbons (Fsp3) is 0.800. The molecule has 0 radical (unpaired) electrons. The van der Waals surface area contributed by atoms with E-state index in [4.69, 9.17) is 5.11 Å². The molecule has 0 aromatic heterocycles. The molecule has 78 valence electrons. The van der Waals surface area contributed by atoms with Crippen LogP contribution in [0.4, 0.5) is 4.79 Å². The first kappa shape index (κ1) is 9.49. The van der Waals surface area contributed by atoms with Crippen LogP contribution in [-0.2, 0) is 4.79 Å². The minimum absolute atomic E-state index is 0.110. The van der Waals surface area contributed by atoms with Gasteiger partial charge in [-0.2, -0.15) is 0 Å². The highest BCUT2D eigenvalue weighted by Crippen LogP contribution is 2.33. The minimum Gasteiger partial charge on any atom is -0.465 e. The summed E-state index contributed by atoms with van der Waals surface area (Å²) < 4.78 is 0. The number of fused-ring (bicyclic) bond motifs is 1. The van der Waals surface area contributed by atoms with Gasteiger partial charge in [-0.05, 0) is 25.2 Å². The van der Waals surface area contributed by atoms with Crippen LogP contribution in [0.25, 0.3) is 0 Å². The fourth-order valence-corrected chi connectivity index (χ4v) is 2.71. The Morgan fingerprint density at radius 3 is 2.93 bits per heavy atom. The highest BCUT2D eigenvalue weighted by molar-refractivity contribution is 5.80. The van der Waals surface area contributed by atoms with Crippen molar-refractivity contribution in [3.63, 3.8) is 0 Å². The van der Waals surface area contributed by atoms with E-state index in [0.717, 1.165) is 19.3 Å². The SMILES string of the molecule is O=C1CC[C@H]2[C@@H](CCCN2C(=O)O)C1. The Labute approximate surface area is 82.9 Å². The number of Topliss-reactive ketones (excluding diaryl/α,β-unsaturated/α-hetero) is 1. The zero-order valence-electron chi connectivity index (χ0n) is 8.11. The number of carbonyl (C=O) groups excluding carboxylic acids is 1. The van der Waals surface area contributed by atoms with Gasteiger partial charge in [-0.25, -0.2) is 4.79 Å². The van der Waals surface area contributed by atoms with Crippen LogP contribution in [0.3, 0.4) is 0 Å². The molecule has 1 saturated heterocycles. The van der Waals surface area contributed by atoms with Crippen LogP contribution in [0.15, 0.2) is 0 Å². The Morgan fingerprint density at radius 1 is 1.43 bits per heavy atom. The van der Waals surface area contributed by atoms with E-state index in [1.54, 1.807) is 0 Å². The van der Waals surface area contributed by atoms with Crippen molar-refractivity contribution in [3.8, 4) is 0 Å². The zero-order valence-corrected chi connectivity index (χ0v) is 8.11. The van der Waals surface area contributed by atoms with Gasteiger partial charge in [0.2, 0.25) is 0 Å². The van der Waals surface area contributed by atoms with Crippen molar-refractivity contribution in [3.05, 3.63) is 0 Å². The van der Waals surface area contributed by atoms with Crippen LogP contribution in [0.1, 0.15) is 32.1 Å². The number of rotatable bonds is 0. The van der Waals surface area contributed by atoms with Crippen molar-refractivity contribution in [1.29, 1.82) is 0 Å². The molecule has 2 rings (SSSR count). The fourth-order valence-electron chi connectivity index (χ4n) is 2.71. The Hall–Kier alpha value is -1.06. The lowest BCUT2D eigenvalue weighted by Gasteiger charge is -2.42. The van der Waals surface area contributed by atoms with Crippen molar-refractivity contribution in [1.82, 2.24) is 4.90 Å². The van der Waals surface area contributed by atoms with Gasteiger partial charge in [0, 0.05) is 25.4 Å². The number of hydrogen-bond acceptors (Lipinski definition) is 2. The smallest absolute Gasteiger partial charge is 0.407 e. The molecule has 1 aliphatic heterocycles. The maximum Gasteiger partial charge on any atom is 0.407 e. The highest BCUT2D eigenvalue weighted by Gasteiger charge is 2.37. The number of likely N-dealkylation sites (tertiary alicyclic amines) is 1. The summed E-state index contributed by atoms with van der Waals surface area (Å²) in [5, 5.41) is 8.98. The van der Waals surface area contributed by atoms with Gasteiger partial charge >= 0.3 is 6.09 Å². The second-order valence-electron chi connectivity index (χ2n) is 4.23. The third-order valence-electron chi connectivity index (χ3n) is 3.37. The molecule has 0 spiro atoms. The Morgan fingerprint density at radius 2 is 2.21 bits per heavy atom. The largest absolute Gasteiger partial charge is 0.465 e. The summed E-state index contributed by atoms with van der Waals surface area (Å²) >= 11 is 0. The number of piperidine rings is 1. The molecule has 4 heteroatoms. The summed E-state index contributed by atoms with van der Waals surface area (Å²) in [4.78, 5) is 23.7. The predicted octanol–water partition coefficient (Wildman–Crippen LogP) is 1.50. The molecule has 0 bridgehead atoms. The molecule has 0 unspecified atom stereocenters. The number of carboxylic acid groups (broad SMARTS) is 1. The van der Waals surface area contributed by atoms with Crippen LogP contribution in [0, 0.1) is 5.92 Å². The summed E-state index contributed by atoms with van der Waals surface area (Å²) in [6, 6.07) is 0.110. The molecule has 2 aliphatic rings. The molecule has 1 amide bonds. The van der Waals surface area contributed by atoms with Crippen molar-refractivity contribution >= 4 is 11.9 Å². The first-order valence-corrected chi connectivity index (χ1v) is 5.20. The molecule has 0 aromatic carbocycles. The van der Waals surface area contributed by atoms with E-state index in [1.807, 2.05) is 0 Å². The van der Waals surface area contributed by atoms with Crippen molar-refractivity contribution < 1.29 is 14.7 Å². The van der Waals surface area contributed by atoms with Crippen LogP contribution >= 0.6 is 0 Å². The molecule has 1 saturated carbocycles. The summed E-state index contributed by atoms with van der Waals surface area (Å²) in [5.41, 5.74) is 0. The van der Waals surface area contributed by atoms with Gasteiger partial charge in [-0.3, -0.25) is 4.79 Å². The number of ketones is 1. The average molecular weight is 197 g/mol. The first-order valence-electron chi connectivity index (χ1n) is 5.20. The maximum atomic E-state index is 11.2. The van der Waals surface area contributed by atoms with E-state index in [9.17, 15) is 9.59 Å². The summed E-state index contributed by atoms with van der Waals surface area (Å²) in [6.07, 6.45) is 2.98. The normalized spacial score (nSPS) is 32.6. The van der Waals surface area contributed by atoms with E-state index in [2.05, 4.69) is 0 Å². The monoisotopic (exact) mass is 197 g/mol. The second kappa shape index (κ2) is 3.59.